The molecule has 19 heavy (non-hydrogen) atoms. The Morgan fingerprint density at radius 3 is 2.05 bits per heavy atom. The van der Waals surface area contributed by atoms with Crippen LogP contribution in [-0.2, 0) is 4.79 Å². The second kappa shape index (κ2) is 6.26. The molecule has 2 aliphatic rings. The van der Waals surface area contributed by atoms with Crippen molar-refractivity contribution in [3.8, 4) is 0 Å². The van der Waals surface area contributed by atoms with Crippen LogP contribution >= 0.6 is 0 Å². The molecule has 2 rings (SSSR count). The fraction of sp³-hybridized carbons (Fsp3) is 0.857. The number of likely N-dealkylation sites (tertiary alicyclic amines) is 1. The van der Waals surface area contributed by atoms with E-state index in [1.807, 2.05) is 4.90 Å². The van der Waals surface area contributed by atoms with Gasteiger partial charge in [-0.1, -0.05) is 30.8 Å². The summed E-state index contributed by atoms with van der Waals surface area (Å²) in [6, 6.07) is 0. The number of nitrogens with two attached hydrogens (primary N) is 1. The Bertz CT molecular complexity index is 341. The lowest BCUT2D eigenvalue weighted by Crippen LogP contribution is -2.52. The van der Waals surface area contributed by atoms with Gasteiger partial charge in [0.25, 0.3) is 0 Å². The zero-order valence-electron chi connectivity index (χ0n) is 11.6. The molecule has 1 aliphatic heterocycles. The number of oxime groups is 1. The van der Waals surface area contributed by atoms with Crippen LogP contribution in [0.3, 0.4) is 0 Å². The van der Waals surface area contributed by atoms with Gasteiger partial charge in [0.15, 0.2) is 5.84 Å². The van der Waals surface area contributed by atoms with Crippen LogP contribution in [0.4, 0.5) is 0 Å². The van der Waals surface area contributed by atoms with Crippen molar-refractivity contribution in [2.45, 2.75) is 57.8 Å². The standard InChI is InChI=1S/C14H25N3O2/c15-12(16-19)14(8-4-1-2-5-9-14)13(18)17-10-6-3-7-11-17/h19H,1-11H2,(H2,15,16). The predicted octanol–water partition coefficient (Wildman–Crippen LogP) is 2.09. The minimum atomic E-state index is -0.747. The van der Waals surface area contributed by atoms with Gasteiger partial charge < -0.3 is 15.8 Å². The van der Waals surface area contributed by atoms with Crippen LogP contribution < -0.4 is 5.73 Å². The van der Waals surface area contributed by atoms with Gasteiger partial charge in [0.1, 0.15) is 5.41 Å². The van der Waals surface area contributed by atoms with Gasteiger partial charge in [-0.3, -0.25) is 4.79 Å². The minimum absolute atomic E-state index is 0.0874. The van der Waals surface area contributed by atoms with Crippen molar-refractivity contribution in [2.75, 3.05) is 13.1 Å². The average Bonchev–Trinajstić information content (AvgIpc) is 2.73. The molecule has 1 heterocycles. The molecule has 0 spiro atoms. The maximum Gasteiger partial charge on any atom is 0.236 e. The zero-order chi connectivity index (χ0) is 13.7. The zero-order valence-corrected chi connectivity index (χ0v) is 11.6. The van der Waals surface area contributed by atoms with Crippen LogP contribution in [0, 0.1) is 5.41 Å². The minimum Gasteiger partial charge on any atom is -0.409 e. The van der Waals surface area contributed by atoms with Crippen molar-refractivity contribution in [1.82, 2.24) is 4.90 Å². The van der Waals surface area contributed by atoms with Gasteiger partial charge in [0, 0.05) is 13.1 Å². The molecular formula is C14H25N3O2. The third kappa shape index (κ3) is 2.85. The summed E-state index contributed by atoms with van der Waals surface area (Å²) in [6.07, 6.45) is 9.00. The summed E-state index contributed by atoms with van der Waals surface area (Å²) in [7, 11) is 0. The third-order valence-corrected chi connectivity index (χ3v) is 4.61. The Labute approximate surface area is 114 Å². The Balaban J connectivity index is 2.22. The topological polar surface area (TPSA) is 78.9 Å². The smallest absolute Gasteiger partial charge is 0.236 e. The van der Waals surface area contributed by atoms with E-state index in [9.17, 15) is 4.79 Å². The van der Waals surface area contributed by atoms with Gasteiger partial charge in [-0.25, -0.2) is 0 Å². The van der Waals surface area contributed by atoms with Gasteiger partial charge in [-0.05, 0) is 32.1 Å². The van der Waals surface area contributed by atoms with E-state index in [0.717, 1.165) is 64.5 Å². The van der Waals surface area contributed by atoms with Crippen LogP contribution in [0.5, 0.6) is 0 Å². The molecule has 0 aromatic carbocycles. The molecule has 1 amide bonds. The molecule has 1 saturated carbocycles. The SMILES string of the molecule is NC(=NO)C1(C(=O)N2CCCCC2)CCCCCC1. The van der Waals surface area contributed by atoms with Crippen molar-refractivity contribution < 1.29 is 10.0 Å². The molecule has 0 radical (unpaired) electrons. The number of carbonyl (C=O) groups is 1. The Morgan fingerprint density at radius 1 is 1.00 bits per heavy atom. The summed E-state index contributed by atoms with van der Waals surface area (Å²) >= 11 is 0. The highest BCUT2D eigenvalue weighted by molar-refractivity contribution is 6.06. The number of rotatable bonds is 2. The molecule has 1 saturated heterocycles. The van der Waals surface area contributed by atoms with Gasteiger partial charge in [0.05, 0.1) is 0 Å². The first-order valence-corrected chi connectivity index (χ1v) is 7.48. The van der Waals surface area contributed by atoms with Gasteiger partial charge in [0.2, 0.25) is 5.91 Å². The second-order valence-electron chi connectivity index (χ2n) is 5.83. The Kier molecular flexibility index (Phi) is 4.66. The van der Waals surface area contributed by atoms with Crippen molar-refractivity contribution in [3.63, 3.8) is 0 Å². The van der Waals surface area contributed by atoms with Crippen molar-refractivity contribution in [3.05, 3.63) is 0 Å². The van der Waals surface area contributed by atoms with E-state index in [1.165, 1.54) is 6.42 Å². The number of hydrogen-bond donors (Lipinski definition) is 2. The molecule has 0 atom stereocenters. The first-order valence-electron chi connectivity index (χ1n) is 7.48. The molecule has 5 heteroatoms. The number of carbonyl (C=O) groups excluding carboxylic acids is 1. The number of amidine groups is 1. The van der Waals surface area contributed by atoms with Crippen molar-refractivity contribution in [2.24, 2.45) is 16.3 Å². The fourth-order valence-corrected chi connectivity index (χ4v) is 3.41. The Hall–Kier alpha value is -1.26. The maximum atomic E-state index is 12.9. The normalized spacial score (nSPS) is 24.8. The van der Waals surface area contributed by atoms with E-state index in [0.29, 0.717) is 0 Å². The van der Waals surface area contributed by atoms with Gasteiger partial charge in [-0.15, -0.1) is 0 Å². The number of amides is 1. The van der Waals surface area contributed by atoms with Crippen LogP contribution in [0.15, 0.2) is 5.16 Å². The van der Waals surface area contributed by atoms with E-state index in [2.05, 4.69) is 5.16 Å². The molecule has 108 valence electrons. The molecule has 3 N–H and O–H groups in total. The van der Waals surface area contributed by atoms with Crippen molar-refractivity contribution >= 4 is 11.7 Å². The van der Waals surface area contributed by atoms with Crippen LogP contribution in [0.2, 0.25) is 0 Å². The summed E-state index contributed by atoms with van der Waals surface area (Å²) in [5, 5.41) is 12.3. The highest BCUT2D eigenvalue weighted by atomic mass is 16.4. The lowest BCUT2D eigenvalue weighted by Gasteiger charge is -2.37. The first kappa shape index (κ1) is 14.2. The summed E-state index contributed by atoms with van der Waals surface area (Å²) in [4.78, 5) is 14.8. The van der Waals surface area contributed by atoms with Gasteiger partial charge >= 0.3 is 0 Å². The summed E-state index contributed by atoms with van der Waals surface area (Å²) in [5.74, 6) is 0.203. The van der Waals surface area contributed by atoms with Crippen LogP contribution in [0.1, 0.15) is 57.8 Å². The van der Waals surface area contributed by atoms with E-state index in [-0.39, 0.29) is 11.7 Å². The average molecular weight is 267 g/mol. The molecule has 1 aliphatic carbocycles. The van der Waals surface area contributed by atoms with Crippen LogP contribution in [-0.4, -0.2) is 34.9 Å². The summed E-state index contributed by atoms with van der Waals surface area (Å²) in [5.41, 5.74) is 5.16. The van der Waals surface area contributed by atoms with E-state index < -0.39 is 5.41 Å². The summed E-state index contributed by atoms with van der Waals surface area (Å²) < 4.78 is 0. The number of piperidine rings is 1. The second-order valence-corrected chi connectivity index (χ2v) is 5.83. The fourth-order valence-electron chi connectivity index (χ4n) is 3.41. The molecule has 5 nitrogen and oxygen atoms in total. The number of hydrogen-bond acceptors (Lipinski definition) is 3. The number of nitrogens with zero attached hydrogens (tertiary/aromatic N) is 2. The highest BCUT2D eigenvalue weighted by Gasteiger charge is 2.45. The van der Waals surface area contributed by atoms with E-state index >= 15 is 0 Å². The van der Waals surface area contributed by atoms with E-state index in [4.69, 9.17) is 10.9 Å². The first-order chi connectivity index (χ1) is 9.20. The lowest BCUT2D eigenvalue weighted by molar-refractivity contribution is -0.140. The molecule has 0 bridgehead atoms. The molecule has 0 unspecified atom stereocenters. The van der Waals surface area contributed by atoms with Crippen molar-refractivity contribution in [1.29, 1.82) is 0 Å². The highest BCUT2D eigenvalue weighted by Crippen LogP contribution is 2.37. The molecule has 2 fully saturated rings. The monoisotopic (exact) mass is 267 g/mol. The predicted molar refractivity (Wildman–Crippen MR) is 74.0 cm³/mol. The third-order valence-electron chi connectivity index (χ3n) is 4.61. The Morgan fingerprint density at radius 2 is 1.53 bits per heavy atom. The quantitative estimate of drug-likeness (QED) is 0.264. The van der Waals surface area contributed by atoms with Gasteiger partial charge in [-0.2, -0.15) is 0 Å². The molecule has 0 aromatic heterocycles. The molecular weight excluding hydrogens is 242 g/mol. The summed E-state index contributed by atoms with van der Waals surface area (Å²) in [6.45, 7) is 1.64. The largest absolute Gasteiger partial charge is 0.409 e. The van der Waals surface area contributed by atoms with E-state index in [1.54, 1.807) is 0 Å². The lowest BCUT2D eigenvalue weighted by atomic mass is 9.77. The van der Waals surface area contributed by atoms with Crippen LogP contribution in [0.25, 0.3) is 0 Å². The maximum absolute atomic E-state index is 12.9. The molecule has 0 aromatic rings.